The van der Waals surface area contributed by atoms with E-state index < -0.39 is 0 Å². The molecule has 5 nitrogen and oxygen atoms in total. The molecule has 1 heterocycles. The van der Waals surface area contributed by atoms with Crippen molar-refractivity contribution in [1.29, 1.82) is 0 Å². The number of benzene rings is 3. The Morgan fingerprint density at radius 2 is 1.57 bits per heavy atom. The van der Waals surface area contributed by atoms with Gasteiger partial charge < -0.3 is 19.7 Å². The van der Waals surface area contributed by atoms with Crippen LogP contribution in [0.1, 0.15) is 23.2 Å². The topological polar surface area (TPSA) is 50.8 Å². The Kier molecular flexibility index (Phi) is 6.30. The molecule has 1 aliphatic rings. The van der Waals surface area contributed by atoms with E-state index in [1.54, 1.807) is 19.2 Å². The number of anilines is 2. The molecule has 1 amide bonds. The zero-order valence-electron chi connectivity index (χ0n) is 17.1. The fraction of sp³-hybridized carbons (Fsp3) is 0.240. The van der Waals surface area contributed by atoms with Gasteiger partial charge in [-0.3, -0.25) is 4.79 Å². The lowest BCUT2D eigenvalue weighted by Crippen LogP contribution is -2.36. The van der Waals surface area contributed by atoms with Crippen molar-refractivity contribution in [2.45, 2.75) is 18.9 Å². The highest BCUT2D eigenvalue weighted by atomic mass is 16.5. The molecule has 0 unspecified atom stereocenters. The largest absolute Gasteiger partial charge is 0.457 e. The van der Waals surface area contributed by atoms with Crippen LogP contribution < -0.4 is 15.0 Å². The lowest BCUT2D eigenvalue weighted by molar-refractivity contribution is 0.0819. The molecule has 0 aromatic heterocycles. The van der Waals surface area contributed by atoms with E-state index in [1.165, 1.54) is 0 Å². The lowest BCUT2D eigenvalue weighted by Gasteiger charge is -2.33. The molecule has 1 aliphatic heterocycles. The number of hydrogen-bond donors (Lipinski definition) is 1. The Morgan fingerprint density at radius 3 is 2.27 bits per heavy atom. The van der Waals surface area contributed by atoms with Crippen LogP contribution in [0.5, 0.6) is 11.5 Å². The van der Waals surface area contributed by atoms with Gasteiger partial charge in [-0.15, -0.1) is 0 Å². The zero-order chi connectivity index (χ0) is 20.8. The second-order valence-electron chi connectivity index (χ2n) is 7.33. The van der Waals surface area contributed by atoms with Gasteiger partial charge in [0.25, 0.3) is 5.91 Å². The first kappa shape index (κ1) is 20.0. The number of carbonyl (C=O) groups excluding carboxylic acids is 1. The minimum atomic E-state index is -0.199. The Bertz CT molecular complexity index is 965. The molecule has 0 bridgehead atoms. The standard InChI is InChI=1S/C25H26N2O3/c1-29-21-15-17-27(18-16-21)20-13-11-19(12-14-20)26-25(28)23-9-5-6-10-24(23)30-22-7-3-2-4-8-22/h2-14,21H,15-18H2,1H3,(H,26,28). The molecule has 0 spiro atoms. The first-order valence-corrected chi connectivity index (χ1v) is 10.2. The molecule has 3 aromatic carbocycles. The Morgan fingerprint density at radius 1 is 0.900 bits per heavy atom. The number of piperidine rings is 1. The third-order valence-electron chi connectivity index (χ3n) is 5.37. The van der Waals surface area contributed by atoms with Crippen molar-refractivity contribution in [3.05, 3.63) is 84.4 Å². The average Bonchev–Trinajstić information content (AvgIpc) is 2.81. The van der Waals surface area contributed by atoms with Gasteiger partial charge in [-0.25, -0.2) is 0 Å². The molecule has 1 N–H and O–H groups in total. The third-order valence-corrected chi connectivity index (χ3v) is 5.37. The molecule has 0 atom stereocenters. The smallest absolute Gasteiger partial charge is 0.259 e. The summed E-state index contributed by atoms with van der Waals surface area (Å²) in [6.45, 7) is 1.96. The summed E-state index contributed by atoms with van der Waals surface area (Å²) in [4.78, 5) is 15.2. The molecular formula is C25H26N2O3. The van der Waals surface area contributed by atoms with Crippen LogP contribution in [-0.4, -0.2) is 32.2 Å². The number of para-hydroxylation sites is 2. The van der Waals surface area contributed by atoms with Gasteiger partial charge in [-0.1, -0.05) is 30.3 Å². The SMILES string of the molecule is COC1CCN(c2ccc(NC(=O)c3ccccc3Oc3ccccc3)cc2)CC1. The molecular weight excluding hydrogens is 376 g/mol. The number of rotatable bonds is 6. The highest BCUT2D eigenvalue weighted by Crippen LogP contribution is 2.27. The summed E-state index contributed by atoms with van der Waals surface area (Å²) in [5.74, 6) is 1.02. The van der Waals surface area contributed by atoms with Gasteiger partial charge >= 0.3 is 0 Å². The minimum Gasteiger partial charge on any atom is -0.457 e. The summed E-state index contributed by atoms with van der Waals surface area (Å²) in [7, 11) is 1.78. The number of carbonyl (C=O) groups is 1. The van der Waals surface area contributed by atoms with E-state index in [4.69, 9.17) is 9.47 Å². The first-order chi connectivity index (χ1) is 14.7. The van der Waals surface area contributed by atoms with Gasteiger partial charge in [0.1, 0.15) is 11.5 Å². The third kappa shape index (κ3) is 4.81. The Hall–Kier alpha value is -3.31. The predicted molar refractivity (Wildman–Crippen MR) is 120 cm³/mol. The maximum atomic E-state index is 12.9. The van der Waals surface area contributed by atoms with Crippen molar-refractivity contribution in [3.63, 3.8) is 0 Å². The number of methoxy groups -OCH3 is 1. The van der Waals surface area contributed by atoms with Crippen molar-refractivity contribution in [2.24, 2.45) is 0 Å². The normalized spacial score (nSPS) is 14.4. The summed E-state index contributed by atoms with van der Waals surface area (Å²) in [6.07, 6.45) is 2.43. The Balaban J connectivity index is 1.42. The monoisotopic (exact) mass is 402 g/mol. The van der Waals surface area contributed by atoms with Gasteiger partial charge in [-0.2, -0.15) is 0 Å². The van der Waals surface area contributed by atoms with E-state index in [0.29, 0.717) is 23.2 Å². The molecule has 0 saturated carbocycles. The van der Waals surface area contributed by atoms with Gasteiger partial charge in [-0.05, 0) is 61.4 Å². The second kappa shape index (κ2) is 9.46. The molecule has 3 aromatic rings. The van der Waals surface area contributed by atoms with Crippen molar-refractivity contribution in [2.75, 3.05) is 30.4 Å². The van der Waals surface area contributed by atoms with Crippen LogP contribution in [0, 0.1) is 0 Å². The second-order valence-corrected chi connectivity index (χ2v) is 7.33. The van der Waals surface area contributed by atoms with Crippen LogP contribution in [0.25, 0.3) is 0 Å². The van der Waals surface area contributed by atoms with E-state index in [1.807, 2.05) is 54.6 Å². The quantitative estimate of drug-likeness (QED) is 0.604. The molecule has 1 saturated heterocycles. The van der Waals surface area contributed by atoms with Crippen molar-refractivity contribution < 1.29 is 14.3 Å². The van der Waals surface area contributed by atoms with Crippen LogP contribution in [-0.2, 0) is 4.74 Å². The van der Waals surface area contributed by atoms with Crippen LogP contribution >= 0.6 is 0 Å². The van der Waals surface area contributed by atoms with Crippen LogP contribution in [0.2, 0.25) is 0 Å². The first-order valence-electron chi connectivity index (χ1n) is 10.2. The van der Waals surface area contributed by atoms with Crippen LogP contribution in [0.3, 0.4) is 0 Å². The van der Waals surface area contributed by atoms with E-state index in [-0.39, 0.29) is 5.91 Å². The minimum absolute atomic E-state index is 0.199. The number of ether oxygens (including phenoxy) is 2. The number of nitrogens with one attached hydrogen (secondary N) is 1. The van der Waals surface area contributed by atoms with E-state index in [0.717, 1.165) is 37.3 Å². The van der Waals surface area contributed by atoms with Crippen LogP contribution in [0.4, 0.5) is 11.4 Å². The molecule has 4 rings (SSSR count). The predicted octanol–water partition coefficient (Wildman–Crippen LogP) is 5.35. The van der Waals surface area contributed by atoms with Crippen molar-refractivity contribution >= 4 is 17.3 Å². The Labute approximate surface area is 177 Å². The summed E-state index contributed by atoms with van der Waals surface area (Å²) in [5, 5.41) is 2.97. The van der Waals surface area contributed by atoms with Crippen molar-refractivity contribution in [1.82, 2.24) is 0 Å². The fourth-order valence-corrected chi connectivity index (χ4v) is 3.66. The summed E-state index contributed by atoms with van der Waals surface area (Å²) in [5.41, 5.74) is 2.41. The van der Waals surface area contributed by atoms with Crippen LogP contribution in [0.15, 0.2) is 78.9 Å². The van der Waals surface area contributed by atoms with Gasteiger partial charge in [0.2, 0.25) is 0 Å². The number of nitrogens with zero attached hydrogens (tertiary/aromatic N) is 1. The summed E-state index contributed by atoms with van der Waals surface area (Å²) in [6, 6.07) is 24.7. The molecule has 1 fully saturated rings. The summed E-state index contributed by atoms with van der Waals surface area (Å²) >= 11 is 0. The van der Waals surface area contributed by atoms with Gasteiger partial charge in [0.15, 0.2) is 0 Å². The molecule has 5 heteroatoms. The maximum absolute atomic E-state index is 12.9. The van der Waals surface area contributed by atoms with E-state index in [9.17, 15) is 4.79 Å². The molecule has 154 valence electrons. The number of amides is 1. The zero-order valence-corrected chi connectivity index (χ0v) is 17.1. The molecule has 0 radical (unpaired) electrons. The van der Waals surface area contributed by atoms with Gasteiger partial charge in [0.05, 0.1) is 11.7 Å². The molecule has 30 heavy (non-hydrogen) atoms. The lowest BCUT2D eigenvalue weighted by atomic mass is 10.1. The fourth-order valence-electron chi connectivity index (χ4n) is 3.66. The highest BCUT2D eigenvalue weighted by Gasteiger charge is 2.19. The molecule has 0 aliphatic carbocycles. The van der Waals surface area contributed by atoms with E-state index >= 15 is 0 Å². The average molecular weight is 402 g/mol. The van der Waals surface area contributed by atoms with E-state index in [2.05, 4.69) is 22.3 Å². The number of hydrogen-bond acceptors (Lipinski definition) is 4. The van der Waals surface area contributed by atoms with Gasteiger partial charge in [0, 0.05) is 31.6 Å². The summed E-state index contributed by atoms with van der Waals surface area (Å²) < 4.78 is 11.3. The van der Waals surface area contributed by atoms with Crippen molar-refractivity contribution in [3.8, 4) is 11.5 Å². The maximum Gasteiger partial charge on any atom is 0.259 e. The highest BCUT2D eigenvalue weighted by molar-refractivity contribution is 6.06.